The minimum atomic E-state index is -0.845. The van der Waals surface area contributed by atoms with E-state index in [0.29, 0.717) is 18.5 Å². The summed E-state index contributed by atoms with van der Waals surface area (Å²) in [5.74, 6) is -0.0482. The van der Waals surface area contributed by atoms with Crippen LogP contribution in [0.1, 0.15) is 42.5 Å². The molecule has 0 aliphatic rings. The number of carbonyl (C=O) groups is 2. The van der Waals surface area contributed by atoms with Crippen LogP contribution in [0.4, 0.5) is 0 Å². The lowest BCUT2D eigenvalue weighted by atomic mass is 10.2. The largest absolute Gasteiger partial charge is 0.481 e. The number of aryl methyl sites for hydroxylation is 2. The lowest BCUT2D eigenvalue weighted by Crippen LogP contribution is -2.07. The van der Waals surface area contributed by atoms with Crippen molar-refractivity contribution in [3.05, 3.63) is 17.7 Å². The molecule has 0 unspecified atom stereocenters. The molecule has 0 aromatic carbocycles. The second-order valence-corrected chi connectivity index (χ2v) is 3.64. The number of unbranched alkanes of at least 4 members (excludes halogenated alkanes) is 1. The molecule has 0 spiro atoms. The second-order valence-electron chi connectivity index (χ2n) is 3.64. The highest BCUT2D eigenvalue weighted by Gasteiger charge is 2.08. The minimum Gasteiger partial charge on any atom is -0.481 e. The maximum atomic E-state index is 10.6. The van der Waals surface area contributed by atoms with Crippen LogP contribution in [0.3, 0.4) is 0 Å². The van der Waals surface area contributed by atoms with Crippen LogP contribution in [0.2, 0.25) is 0 Å². The number of carbonyl (C=O) groups excluding carboxylic acids is 1. The average molecular weight is 224 g/mol. The van der Waals surface area contributed by atoms with Gasteiger partial charge in [-0.15, -0.1) is 0 Å². The Balaban J connectivity index is 2.73. The fourth-order valence-electron chi connectivity index (χ4n) is 1.48. The molecule has 0 saturated carbocycles. The average Bonchev–Trinajstić information content (AvgIpc) is 2.66. The Bertz CT molecular complexity index is 371. The molecule has 0 bridgehead atoms. The quantitative estimate of drug-likeness (QED) is 0.712. The Morgan fingerprint density at radius 3 is 2.94 bits per heavy atom. The first-order chi connectivity index (χ1) is 7.67. The zero-order valence-electron chi connectivity index (χ0n) is 9.35. The van der Waals surface area contributed by atoms with Crippen molar-refractivity contribution < 1.29 is 14.7 Å². The Morgan fingerprint density at radius 1 is 1.62 bits per heavy atom. The fraction of sp³-hybridized carbons (Fsp3) is 0.545. The van der Waals surface area contributed by atoms with Crippen molar-refractivity contribution in [2.24, 2.45) is 0 Å². The molecule has 0 saturated heterocycles. The molecule has 0 aliphatic heterocycles. The van der Waals surface area contributed by atoms with Crippen LogP contribution < -0.4 is 0 Å². The van der Waals surface area contributed by atoms with Crippen LogP contribution in [-0.2, 0) is 17.8 Å². The van der Waals surface area contributed by atoms with Crippen molar-refractivity contribution in [3.8, 4) is 0 Å². The van der Waals surface area contributed by atoms with Crippen molar-refractivity contribution in [1.82, 2.24) is 9.55 Å². The van der Waals surface area contributed by atoms with Gasteiger partial charge in [-0.05, 0) is 6.42 Å². The van der Waals surface area contributed by atoms with E-state index >= 15 is 0 Å². The summed E-state index contributed by atoms with van der Waals surface area (Å²) in [4.78, 5) is 25.2. The number of aromatic nitrogens is 2. The molecule has 0 fully saturated rings. The van der Waals surface area contributed by atoms with Crippen molar-refractivity contribution >= 4 is 12.3 Å². The van der Waals surface area contributed by atoms with Crippen LogP contribution in [0.15, 0.2) is 6.20 Å². The van der Waals surface area contributed by atoms with Gasteiger partial charge in [-0.25, -0.2) is 4.98 Å². The first kappa shape index (κ1) is 12.4. The predicted molar refractivity (Wildman–Crippen MR) is 58.5 cm³/mol. The van der Waals surface area contributed by atoms with Crippen molar-refractivity contribution in [2.75, 3.05) is 0 Å². The number of carboxylic acids is 1. The van der Waals surface area contributed by atoms with Gasteiger partial charge < -0.3 is 9.67 Å². The molecule has 5 heteroatoms. The third kappa shape index (κ3) is 3.49. The number of hydrogen-bond acceptors (Lipinski definition) is 3. The van der Waals surface area contributed by atoms with Crippen molar-refractivity contribution in [2.45, 2.75) is 39.2 Å². The summed E-state index contributed by atoms with van der Waals surface area (Å²) < 4.78 is 1.76. The first-order valence-electron chi connectivity index (χ1n) is 5.40. The third-order valence-corrected chi connectivity index (χ3v) is 2.32. The van der Waals surface area contributed by atoms with Gasteiger partial charge in [0.2, 0.25) is 0 Å². The molecule has 5 nitrogen and oxygen atoms in total. The number of aldehydes is 1. The zero-order valence-corrected chi connectivity index (χ0v) is 9.35. The number of aliphatic carboxylic acids is 1. The smallest absolute Gasteiger partial charge is 0.305 e. The van der Waals surface area contributed by atoms with Crippen LogP contribution in [-0.4, -0.2) is 26.9 Å². The summed E-state index contributed by atoms with van der Waals surface area (Å²) in [7, 11) is 0. The Hall–Kier alpha value is -1.65. The van der Waals surface area contributed by atoms with Gasteiger partial charge in [0.25, 0.3) is 0 Å². The van der Waals surface area contributed by atoms with Crippen LogP contribution in [0.5, 0.6) is 0 Å². The summed E-state index contributed by atoms with van der Waals surface area (Å²) in [6, 6.07) is 0. The number of nitrogens with zero attached hydrogens (tertiary/aromatic N) is 2. The van der Waals surface area contributed by atoms with E-state index in [9.17, 15) is 9.59 Å². The maximum absolute atomic E-state index is 10.6. The zero-order chi connectivity index (χ0) is 12.0. The van der Waals surface area contributed by atoms with Crippen LogP contribution in [0, 0.1) is 0 Å². The van der Waals surface area contributed by atoms with E-state index in [1.807, 2.05) is 0 Å². The molecule has 1 aromatic heterocycles. The standard InChI is InChI=1S/C11H16N2O3/c1-2-3-4-10-12-9(8-14)7-13(10)6-5-11(15)16/h7-8H,2-6H2,1H3,(H,15,16). The second kappa shape index (κ2) is 6.05. The monoisotopic (exact) mass is 224 g/mol. The minimum absolute atomic E-state index is 0.0494. The molecule has 1 heterocycles. The predicted octanol–water partition coefficient (Wildman–Crippen LogP) is 1.51. The lowest BCUT2D eigenvalue weighted by molar-refractivity contribution is -0.137. The van der Waals surface area contributed by atoms with Crippen molar-refractivity contribution in [3.63, 3.8) is 0 Å². The van der Waals surface area contributed by atoms with Gasteiger partial charge in [-0.3, -0.25) is 9.59 Å². The molecule has 16 heavy (non-hydrogen) atoms. The first-order valence-corrected chi connectivity index (χ1v) is 5.40. The van der Waals surface area contributed by atoms with E-state index in [4.69, 9.17) is 5.11 Å². The van der Waals surface area contributed by atoms with Gasteiger partial charge >= 0.3 is 5.97 Å². The van der Waals surface area contributed by atoms with Gasteiger partial charge in [0.15, 0.2) is 6.29 Å². The third-order valence-electron chi connectivity index (χ3n) is 2.32. The van der Waals surface area contributed by atoms with E-state index < -0.39 is 5.97 Å². The summed E-state index contributed by atoms with van der Waals surface area (Å²) in [5.41, 5.74) is 0.372. The molecule has 88 valence electrons. The highest BCUT2D eigenvalue weighted by Crippen LogP contribution is 2.07. The van der Waals surface area contributed by atoms with Gasteiger partial charge in [-0.2, -0.15) is 0 Å². The summed E-state index contributed by atoms with van der Waals surface area (Å²) in [6.07, 6.45) is 5.16. The summed E-state index contributed by atoms with van der Waals surface area (Å²) in [5, 5.41) is 8.60. The molecule has 0 radical (unpaired) electrons. The van der Waals surface area contributed by atoms with Gasteiger partial charge in [0.05, 0.1) is 6.42 Å². The molecule has 1 rings (SSSR count). The van der Waals surface area contributed by atoms with Gasteiger partial charge in [-0.1, -0.05) is 13.3 Å². The lowest BCUT2D eigenvalue weighted by Gasteiger charge is -2.04. The number of carboxylic acid groups (broad SMARTS) is 1. The number of imidazole rings is 1. The van der Waals surface area contributed by atoms with E-state index in [1.165, 1.54) is 0 Å². The highest BCUT2D eigenvalue weighted by molar-refractivity contribution is 5.71. The normalized spacial score (nSPS) is 10.3. The fourth-order valence-corrected chi connectivity index (χ4v) is 1.48. The molecular weight excluding hydrogens is 208 g/mol. The highest BCUT2D eigenvalue weighted by atomic mass is 16.4. The SMILES string of the molecule is CCCCc1nc(C=O)cn1CCC(=O)O. The Kier molecular flexibility index (Phi) is 4.69. The van der Waals surface area contributed by atoms with E-state index in [2.05, 4.69) is 11.9 Å². The molecule has 0 aliphatic carbocycles. The maximum Gasteiger partial charge on any atom is 0.305 e. The van der Waals surface area contributed by atoms with Crippen molar-refractivity contribution in [1.29, 1.82) is 0 Å². The molecule has 0 atom stereocenters. The van der Waals surface area contributed by atoms with Gasteiger partial charge in [0, 0.05) is 19.2 Å². The molecule has 1 aromatic rings. The van der Waals surface area contributed by atoms with E-state index in [0.717, 1.165) is 25.1 Å². The molecular formula is C11H16N2O3. The topological polar surface area (TPSA) is 72.2 Å². The number of rotatable bonds is 7. The van der Waals surface area contributed by atoms with Gasteiger partial charge in [0.1, 0.15) is 11.5 Å². The Morgan fingerprint density at radius 2 is 2.38 bits per heavy atom. The van der Waals surface area contributed by atoms with Crippen LogP contribution >= 0.6 is 0 Å². The summed E-state index contributed by atoms with van der Waals surface area (Å²) in [6.45, 7) is 2.44. The molecule has 1 N–H and O–H groups in total. The Labute approximate surface area is 94.1 Å². The van der Waals surface area contributed by atoms with Crippen LogP contribution in [0.25, 0.3) is 0 Å². The summed E-state index contributed by atoms with van der Waals surface area (Å²) >= 11 is 0. The number of hydrogen-bond donors (Lipinski definition) is 1. The van der Waals surface area contributed by atoms with E-state index in [1.54, 1.807) is 10.8 Å². The molecule has 0 amide bonds. The van der Waals surface area contributed by atoms with E-state index in [-0.39, 0.29) is 6.42 Å².